The molecule has 8 heteroatoms. The van der Waals surface area contributed by atoms with Crippen LogP contribution in [0, 0.1) is 34.5 Å². The van der Waals surface area contributed by atoms with Gasteiger partial charge < -0.3 is 14.6 Å². The van der Waals surface area contributed by atoms with Crippen molar-refractivity contribution in [3.8, 4) is 0 Å². The Bertz CT molecular complexity index is 910. The Labute approximate surface area is 212 Å². The summed E-state index contributed by atoms with van der Waals surface area (Å²) in [4.78, 5) is 38.2. The summed E-state index contributed by atoms with van der Waals surface area (Å²) < 4.78 is 42.2. The molecule has 4 fully saturated rings. The number of fused-ring (bicyclic) bond motifs is 5. The molecular weight excluding hydrogens is 470 g/mol. The Morgan fingerprint density at radius 1 is 0.944 bits per heavy atom. The zero-order valence-corrected chi connectivity index (χ0v) is 22.3. The Morgan fingerprint density at radius 3 is 2.17 bits per heavy atom. The van der Waals surface area contributed by atoms with Crippen molar-refractivity contribution in [2.75, 3.05) is 6.67 Å². The minimum Gasteiger partial charge on any atom is -0.455 e. The second-order valence-corrected chi connectivity index (χ2v) is 12.3. The molecule has 10 atom stereocenters. The fourth-order valence-electron chi connectivity index (χ4n) is 9.23. The summed E-state index contributed by atoms with van der Waals surface area (Å²) >= 11 is 0. The highest BCUT2D eigenvalue weighted by atomic mass is 19.1. The van der Waals surface area contributed by atoms with Gasteiger partial charge in [0, 0.05) is 36.0 Å². The van der Waals surface area contributed by atoms with Crippen LogP contribution in [0.2, 0.25) is 0 Å². The highest BCUT2D eigenvalue weighted by molar-refractivity contribution is 5.92. The van der Waals surface area contributed by atoms with Crippen LogP contribution in [0.5, 0.6) is 0 Å². The zero-order chi connectivity index (χ0) is 26.7. The van der Waals surface area contributed by atoms with E-state index in [0.717, 1.165) is 0 Å². The second kappa shape index (κ2) is 9.32. The van der Waals surface area contributed by atoms with Gasteiger partial charge in [0.1, 0.15) is 6.17 Å². The first-order chi connectivity index (χ1) is 16.9. The van der Waals surface area contributed by atoms with Crippen molar-refractivity contribution in [3.05, 3.63) is 0 Å². The molecule has 1 N–H and O–H groups in total. The third kappa shape index (κ3) is 3.52. The lowest BCUT2D eigenvalue weighted by molar-refractivity contribution is -0.265. The zero-order valence-electron chi connectivity index (χ0n) is 22.3. The summed E-state index contributed by atoms with van der Waals surface area (Å²) in [5.41, 5.74) is -4.45. The number of carbonyl (C=O) groups is 3. The van der Waals surface area contributed by atoms with Crippen molar-refractivity contribution in [2.24, 2.45) is 34.5 Å². The normalized spacial score (nSPS) is 47.8. The van der Waals surface area contributed by atoms with Gasteiger partial charge in [0.05, 0.1) is 6.10 Å². The molecule has 0 aromatic carbocycles. The number of Topliss-reactive ketones (excluding diaryl/α,β-unsaturated/α-hetero) is 1. The molecule has 4 rings (SSSR count). The molecule has 4 aliphatic carbocycles. The minimum atomic E-state index is -1.57. The van der Waals surface area contributed by atoms with Crippen LogP contribution in [0.3, 0.4) is 0 Å². The number of ketones is 1. The molecule has 4 saturated carbocycles. The molecule has 0 saturated heterocycles. The summed E-state index contributed by atoms with van der Waals surface area (Å²) in [5.74, 6) is -2.37. The molecule has 0 aromatic heterocycles. The number of aliphatic hydroxyl groups is 1. The molecular formula is C28H42F2O6. The van der Waals surface area contributed by atoms with Crippen LogP contribution in [0.4, 0.5) is 8.78 Å². The van der Waals surface area contributed by atoms with Crippen molar-refractivity contribution in [1.29, 1.82) is 0 Å². The highest BCUT2D eigenvalue weighted by Gasteiger charge is 2.75. The van der Waals surface area contributed by atoms with Crippen LogP contribution in [0.25, 0.3) is 0 Å². The second-order valence-electron chi connectivity index (χ2n) is 12.3. The van der Waals surface area contributed by atoms with Crippen LogP contribution >= 0.6 is 0 Å². The molecule has 4 aliphatic rings. The van der Waals surface area contributed by atoms with Gasteiger partial charge in [0.25, 0.3) is 0 Å². The Hall–Kier alpha value is -1.57. The predicted octanol–water partition coefficient (Wildman–Crippen LogP) is 4.89. The van der Waals surface area contributed by atoms with Crippen molar-refractivity contribution in [3.63, 3.8) is 0 Å². The fraction of sp³-hybridized carbons (Fsp3) is 0.893. The topological polar surface area (TPSA) is 89.9 Å². The summed E-state index contributed by atoms with van der Waals surface area (Å²) in [6, 6.07) is 0. The molecule has 0 bridgehead atoms. The van der Waals surface area contributed by atoms with Gasteiger partial charge in [-0.05, 0) is 56.3 Å². The smallest absolute Gasteiger partial charge is 0.306 e. The van der Waals surface area contributed by atoms with E-state index in [9.17, 15) is 23.9 Å². The van der Waals surface area contributed by atoms with Crippen molar-refractivity contribution >= 4 is 17.7 Å². The van der Waals surface area contributed by atoms with E-state index < -0.39 is 64.6 Å². The largest absolute Gasteiger partial charge is 0.455 e. The van der Waals surface area contributed by atoms with E-state index in [4.69, 9.17) is 9.47 Å². The van der Waals surface area contributed by atoms with Crippen molar-refractivity contribution < 1.29 is 37.7 Å². The number of carbonyl (C=O) groups excluding carboxylic acids is 3. The van der Waals surface area contributed by atoms with E-state index in [-0.39, 0.29) is 43.4 Å². The first kappa shape index (κ1) is 27.5. The first-order valence-electron chi connectivity index (χ1n) is 13.7. The molecule has 0 aliphatic heterocycles. The van der Waals surface area contributed by atoms with Gasteiger partial charge in [-0.2, -0.15) is 0 Å². The van der Waals surface area contributed by atoms with Crippen LogP contribution in [0.1, 0.15) is 92.4 Å². The Kier molecular flexibility index (Phi) is 7.11. The van der Waals surface area contributed by atoms with Gasteiger partial charge in [-0.15, -0.1) is 0 Å². The summed E-state index contributed by atoms with van der Waals surface area (Å²) in [6.45, 7) is 7.89. The number of esters is 2. The van der Waals surface area contributed by atoms with Gasteiger partial charge in [0.15, 0.2) is 17.9 Å². The van der Waals surface area contributed by atoms with Gasteiger partial charge in [-0.25, -0.2) is 8.78 Å². The number of alkyl halides is 2. The number of hydrogen-bond acceptors (Lipinski definition) is 6. The number of rotatable bonds is 6. The molecule has 0 unspecified atom stereocenters. The average molecular weight is 513 g/mol. The molecule has 6 nitrogen and oxygen atoms in total. The van der Waals surface area contributed by atoms with Crippen LogP contribution < -0.4 is 0 Å². The Balaban J connectivity index is 1.77. The van der Waals surface area contributed by atoms with Gasteiger partial charge in [-0.1, -0.05) is 34.6 Å². The maximum absolute atomic E-state index is 16.4. The first-order valence-corrected chi connectivity index (χ1v) is 13.7. The lowest BCUT2D eigenvalue weighted by Crippen LogP contribution is -2.70. The van der Waals surface area contributed by atoms with Crippen molar-refractivity contribution in [2.45, 2.75) is 116 Å². The standard InChI is InChI=1S/C28H42F2O6/c1-6-23(33)35-27-14-17(31)8-10-25(27,4)19-9-11-26(5)20(18(19)13-21(27)30)12-16(3)28(26,22(32)15-29)36-24(34)7-2/h16-21,31H,6-15H2,1-5H3/t16-,17-,18+,19-,20-,21+,25+,26-,27-,28-/m0/s1. The fourth-order valence-corrected chi connectivity index (χ4v) is 9.23. The number of halogens is 2. The molecule has 0 spiro atoms. The van der Waals surface area contributed by atoms with E-state index in [1.165, 1.54) is 0 Å². The molecule has 0 amide bonds. The molecule has 204 valence electrons. The van der Waals surface area contributed by atoms with Crippen LogP contribution in [0.15, 0.2) is 0 Å². The number of aliphatic hydroxyl groups excluding tert-OH is 1. The van der Waals surface area contributed by atoms with E-state index in [2.05, 4.69) is 0 Å². The van der Waals surface area contributed by atoms with Gasteiger partial charge >= 0.3 is 11.9 Å². The third-order valence-electron chi connectivity index (χ3n) is 11.0. The van der Waals surface area contributed by atoms with E-state index in [1.54, 1.807) is 13.8 Å². The predicted molar refractivity (Wildman–Crippen MR) is 128 cm³/mol. The quantitative estimate of drug-likeness (QED) is 0.510. The molecule has 36 heavy (non-hydrogen) atoms. The SMILES string of the molecule is CCC(=O)O[C@]12C[C@@H](O)CC[C@]1(C)[C@H]1CC[C@@]3(C)[C@@H](C[C@H](C)[C@]3(OC(=O)CC)C(=O)CF)[C@@H]1C[C@H]2F. The van der Waals surface area contributed by atoms with Gasteiger partial charge in [0.2, 0.25) is 5.78 Å². The van der Waals surface area contributed by atoms with E-state index in [0.29, 0.717) is 32.1 Å². The maximum Gasteiger partial charge on any atom is 0.306 e. The van der Waals surface area contributed by atoms with Crippen molar-refractivity contribution in [1.82, 2.24) is 0 Å². The molecule has 0 heterocycles. The maximum atomic E-state index is 16.4. The summed E-state index contributed by atoms with van der Waals surface area (Å²) in [6.07, 6.45) is 0.946. The third-order valence-corrected chi connectivity index (χ3v) is 11.0. The summed E-state index contributed by atoms with van der Waals surface area (Å²) in [7, 11) is 0. The lowest BCUT2D eigenvalue weighted by Gasteiger charge is -2.65. The van der Waals surface area contributed by atoms with E-state index in [1.807, 2.05) is 20.8 Å². The monoisotopic (exact) mass is 512 g/mol. The average Bonchev–Trinajstić information content (AvgIpc) is 3.07. The lowest BCUT2D eigenvalue weighted by atomic mass is 9.42. The number of ether oxygens (including phenoxy) is 2. The Morgan fingerprint density at radius 2 is 1.56 bits per heavy atom. The number of hydrogen-bond donors (Lipinski definition) is 1. The molecule has 0 aromatic rings. The highest BCUT2D eigenvalue weighted by Crippen LogP contribution is 2.71. The molecule has 0 radical (unpaired) electrons. The van der Waals surface area contributed by atoms with E-state index >= 15 is 4.39 Å². The van der Waals surface area contributed by atoms with Gasteiger partial charge in [-0.3, -0.25) is 14.4 Å². The van der Waals surface area contributed by atoms with Crippen LogP contribution in [-0.4, -0.2) is 53.0 Å². The minimum absolute atomic E-state index is 0.00471. The van der Waals surface area contributed by atoms with Crippen LogP contribution in [-0.2, 0) is 23.9 Å². The summed E-state index contributed by atoms with van der Waals surface area (Å²) in [5, 5.41) is 10.5.